The van der Waals surface area contributed by atoms with Gasteiger partial charge in [0.05, 0.1) is 19.0 Å². The highest BCUT2D eigenvalue weighted by Gasteiger charge is 2.24. The lowest BCUT2D eigenvalue weighted by atomic mass is 10.1. The van der Waals surface area contributed by atoms with Gasteiger partial charge in [-0.25, -0.2) is 9.48 Å². The molecule has 0 saturated heterocycles. The molecule has 0 bridgehead atoms. The maximum Gasteiger partial charge on any atom is 0.326 e. The number of para-hydroxylation sites is 1. The fraction of sp³-hybridized carbons (Fsp3) is 0.312. The molecule has 0 aliphatic carbocycles. The highest BCUT2D eigenvalue weighted by atomic mass is 16.5. The van der Waals surface area contributed by atoms with Crippen LogP contribution in [-0.4, -0.2) is 39.9 Å². The third-order valence-corrected chi connectivity index (χ3v) is 3.32. The van der Waals surface area contributed by atoms with E-state index in [4.69, 9.17) is 9.84 Å². The molecule has 122 valence electrons. The van der Waals surface area contributed by atoms with Crippen LogP contribution in [0.5, 0.6) is 5.75 Å². The molecular weight excluding hydrogens is 298 g/mol. The third-order valence-electron chi connectivity index (χ3n) is 3.32. The minimum absolute atomic E-state index is 0.0544. The molecule has 1 unspecified atom stereocenters. The van der Waals surface area contributed by atoms with E-state index in [1.807, 2.05) is 37.3 Å². The van der Waals surface area contributed by atoms with Crippen LogP contribution < -0.4 is 10.1 Å². The molecule has 1 heterocycles. The van der Waals surface area contributed by atoms with Gasteiger partial charge in [0.1, 0.15) is 6.04 Å². The van der Waals surface area contributed by atoms with Gasteiger partial charge in [-0.1, -0.05) is 31.5 Å². The van der Waals surface area contributed by atoms with Gasteiger partial charge in [0.15, 0.2) is 11.4 Å². The number of methoxy groups -OCH3 is 1. The summed E-state index contributed by atoms with van der Waals surface area (Å²) in [5.74, 6) is -1.36. The third kappa shape index (κ3) is 3.88. The molecule has 2 aromatic rings. The first-order valence-electron chi connectivity index (χ1n) is 7.29. The van der Waals surface area contributed by atoms with E-state index in [0.717, 1.165) is 5.69 Å². The number of benzene rings is 1. The van der Waals surface area contributed by atoms with Crippen molar-refractivity contribution in [1.82, 2.24) is 15.1 Å². The number of aromatic nitrogens is 2. The van der Waals surface area contributed by atoms with Crippen molar-refractivity contribution in [1.29, 1.82) is 0 Å². The number of hydrogen-bond donors (Lipinski definition) is 2. The summed E-state index contributed by atoms with van der Waals surface area (Å²) in [6.45, 7) is 1.85. The Balaban J connectivity index is 2.26. The largest absolute Gasteiger partial charge is 0.493 e. The van der Waals surface area contributed by atoms with E-state index in [1.54, 1.807) is 6.20 Å². The van der Waals surface area contributed by atoms with E-state index >= 15 is 0 Å². The second-order valence-electron chi connectivity index (χ2n) is 4.98. The Bertz CT molecular complexity index is 682. The van der Waals surface area contributed by atoms with Crippen LogP contribution in [0.25, 0.3) is 5.69 Å². The van der Waals surface area contributed by atoms with Crippen molar-refractivity contribution in [2.45, 2.75) is 25.8 Å². The number of hydrogen-bond acceptors (Lipinski definition) is 4. The van der Waals surface area contributed by atoms with Crippen molar-refractivity contribution < 1.29 is 19.4 Å². The number of carboxylic acids is 1. The molecule has 1 aromatic heterocycles. The molecule has 23 heavy (non-hydrogen) atoms. The SMILES string of the molecule is CCCC(NC(=O)c1nn(-c2ccccc2)cc1OC)C(=O)O. The molecule has 0 radical (unpaired) electrons. The van der Waals surface area contributed by atoms with Gasteiger partial charge in [0.25, 0.3) is 5.91 Å². The lowest BCUT2D eigenvalue weighted by molar-refractivity contribution is -0.139. The number of ether oxygens (including phenoxy) is 1. The van der Waals surface area contributed by atoms with E-state index in [9.17, 15) is 9.59 Å². The number of carbonyl (C=O) groups excluding carboxylic acids is 1. The molecule has 0 fully saturated rings. The predicted octanol–water partition coefficient (Wildman–Crippen LogP) is 1.86. The van der Waals surface area contributed by atoms with Crippen molar-refractivity contribution in [3.8, 4) is 11.4 Å². The number of carboxylic acid groups (broad SMARTS) is 1. The van der Waals surface area contributed by atoms with E-state index in [0.29, 0.717) is 12.8 Å². The summed E-state index contributed by atoms with van der Waals surface area (Å²) in [5.41, 5.74) is 0.826. The molecule has 1 atom stereocenters. The van der Waals surface area contributed by atoms with Gasteiger partial charge in [0.2, 0.25) is 0 Å². The first kappa shape index (κ1) is 16.5. The minimum Gasteiger partial charge on any atom is -0.493 e. The van der Waals surface area contributed by atoms with E-state index in [-0.39, 0.29) is 11.4 Å². The quantitative estimate of drug-likeness (QED) is 0.813. The number of amides is 1. The molecule has 0 spiro atoms. The fourth-order valence-electron chi connectivity index (χ4n) is 2.15. The van der Waals surface area contributed by atoms with Gasteiger partial charge in [-0.05, 0) is 18.6 Å². The molecule has 7 nitrogen and oxygen atoms in total. The Hall–Kier alpha value is -2.83. The average molecular weight is 317 g/mol. The topological polar surface area (TPSA) is 93.5 Å². The van der Waals surface area contributed by atoms with E-state index < -0.39 is 17.9 Å². The second kappa shape index (κ2) is 7.44. The molecule has 2 N–H and O–H groups in total. The van der Waals surface area contributed by atoms with Crippen LogP contribution in [0.1, 0.15) is 30.3 Å². The van der Waals surface area contributed by atoms with E-state index in [1.165, 1.54) is 11.8 Å². The van der Waals surface area contributed by atoms with Gasteiger partial charge < -0.3 is 15.2 Å². The average Bonchev–Trinajstić information content (AvgIpc) is 2.99. The number of aliphatic carboxylic acids is 1. The monoisotopic (exact) mass is 317 g/mol. The molecule has 0 aliphatic heterocycles. The lowest BCUT2D eigenvalue weighted by Crippen LogP contribution is -2.41. The normalized spacial score (nSPS) is 11.7. The van der Waals surface area contributed by atoms with E-state index in [2.05, 4.69) is 10.4 Å². The van der Waals surface area contributed by atoms with Crippen LogP contribution in [0.2, 0.25) is 0 Å². The van der Waals surface area contributed by atoms with Gasteiger partial charge in [-0.2, -0.15) is 5.10 Å². The molecular formula is C16H19N3O4. The summed E-state index contributed by atoms with van der Waals surface area (Å²) in [6.07, 6.45) is 2.58. The maximum absolute atomic E-state index is 12.3. The number of nitrogens with zero attached hydrogens (tertiary/aromatic N) is 2. The zero-order chi connectivity index (χ0) is 16.8. The maximum atomic E-state index is 12.3. The summed E-state index contributed by atoms with van der Waals surface area (Å²) in [4.78, 5) is 23.5. The van der Waals surface area contributed by atoms with Crippen LogP contribution in [0.4, 0.5) is 0 Å². The number of nitrogens with one attached hydrogen (secondary N) is 1. The molecule has 2 rings (SSSR count). The molecule has 1 amide bonds. The first-order chi connectivity index (χ1) is 11.1. The zero-order valence-corrected chi connectivity index (χ0v) is 13.0. The second-order valence-corrected chi connectivity index (χ2v) is 4.98. The Morgan fingerprint density at radius 2 is 2.04 bits per heavy atom. The molecule has 7 heteroatoms. The summed E-state index contributed by atoms with van der Waals surface area (Å²) >= 11 is 0. The Labute approximate surface area is 133 Å². The van der Waals surface area contributed by atoms with Crippen LogP contribution in [0.3, 0.4) is 0 Å². The van der Waals surface area contributed by atoms with Crippen LogP contribution in [-0.2, 0) is 4.79 Å². The molecule has 0 saturated carbocycles. The molecule has 1 aromatic carbocycles. The van der Waals surface area contributed by atoms with Gasteiger partial charge in [0, 0.05) is 0 Å². The van der Waals surface area contributed by atoms with Crippen LogP contribution >= 0.6 is 0 Å². The minimum atomic E-state index is -1.07. The van der Waals surface area contributed by atoms with Crippen molar-refractivity contribution in [3.05, 3.63) is 42.2 Å². The summed E-state index contributed by atoms with van der Waals surface area (Å²) in [6, 6.07) is 8.31. The standard InChI is InChI=1S/C16H19N3O4/c1-3-7-12(16(21)22)17-15(20)14-13(23-2)10-19(18-14)11-8-5-4-6-9-11/h4-6,8-10,12H,3,7H2,1-2H3,(H,17,20)(H,21,22). The lowest BCUT2D eigenvalue weighted by Gasteiger charge is -2.12. The van der Waals surface area contributed by atoms with Crippen molar-refractivity contribution in [2.75, 3.05) is 7.11 Å². The smallest absolute Gasteiger partial charge is 0.326 e. The highest BCUT2D eigenvalue weighted by molar-refractivity contribution is 5.97. The zero-order valence-electron chi connectivity index (χ0n) is 13.0. The van der Waals surface area contributed by atoms with Crippen LogP contribution in [0, 0.1) is 0 Å². The van der Waals surface area contributed by atoms with Crippen molar-refractivity contribution in [3.63, 3.8) is 0 Å². The Morgan fingerprint density at radius 3 is 2.61 bits per heavy atom. The van der Waals surface area contributed by atoms with Crippen LogP contribution in [0.15, 0.2) is 36.5 Å². The Morgan fingerprint density at radius 1 is 1.35 bits per heavy atom. The van der Waals surface area contributed by atoms with Crippen molar-refractivity contribution in [2.24, 2.45) is 0 Å². The number of carbonyl (C=O) groups is 2. The highest BCUT2D eigenvalue weighted by Crippen LogP contribution is 2.19. The summed E-state index contributed by atoms with van der Waals surface area (Å²) in [5, 5.41) is 15.8. The predicted molar refractivity (Wildman–Crippen MR) is 83.9 cm³/mol. The molecule has 0 aliphatic rings. The summed E-state index contributed by atoms with van der Waals surface area (Å²) in [7, 11) is 1.43. The summed E-state index contributed by atoms with van der Waals surface area (Å²) < 4.78 is 6.70. The Kier molecular flexibility index (Phi) is 5.35. The van der Waals surface area contributed by atoms with Gasteiger partial charge in [-0.3, -0.25) is 4.79 Å². The van der Waals surface area contributed by atoms with Crippen molar-refractivity contribution >= 4 is 11.9 Å². The van der Waals surface area contributed by atoms with Gasteiger partial charge in [-0.15, -0.1) is 0 Å². The van der Waals surface area contributed by atoms with Gasteiger partial charge >= 0.3 is 5.97 Å². The fourth-order valence-corrected chi connectivity index (χ4v) is 2.15. The first-order valence-corrected chi connectivity index (χ1v) is 7.29. The number of rotatable bonds is 7.